The zero-order chi connectivity index (χ0) is 10.1. The van der Waals surface area contributed by atoms with Crippen LogP contribution >= 0.6 is 23.8 Å². The van der Waals surface area contributed by atoms with Crippen molar-refractivity contribution in [2.75, 3.05) is 0 Å². The number of halogens is 2. The molecule has 1 aromatic carbocycles. The van der Waals surface area contributed by atoms with Crippen LogP contribution in [0.2, 0.25) is 5.02 Å². The maximum absolute atomic E-state index is 13.4. The summed E-state index contributed by atoms with van der Waals surface area (Å²) in [5.41, 5.74) is 0.278. The van der Waals surface area contributed by atoms with Gasteiger partial charge in [0.25, 0.3) is 0 Å². The van der Waals surface area contributed by atoms with Gasteiger partial charge < -0.3 is 4.98 Å². The quantitative estimate of drug-likeness (QED) is 0.743. The number of H-pyrrole nitrogens is 1. The van der Waals surface area contributed by atoms with Crippen LogP contribution in [-0.2, 0) is 0 Å². The van der Waals surface area contributed by atoms with Gasteiger partial charge in [0.15, 0.2) is 4.77 Å². The SMILES string of the molecule is Fc1cccc(Cl)c1-n1cc[nH]c1=S. The summed E-state index contributed by atoms with van der Waals surface area (Å²) in [7, 11) is 0. The third-order valence-corrected chi connectivity index (χ3v) is 2.45. The van der Waals surface area contributed by atoms with Crippen molar-refractivity contribution in [1.82, 2.24) is 9.55 Å². The molecule has 0 amide bonds. The molecule has 0 atom stereocenters. The predicted octanol–water partition coefficient (Wildman–Crippen LogP) is 3.33. The Morgan fingerprint density at radius 3 is 2.79 bits per heavy atom. The zero-order valence-corrected chi connectivity index (χ0v) is 8.57. The molecule has 1 aromatic heterocycles. The van der Waals surface area contributed by atoms with E-state index in [-0.39, 0.29) is 5.69 Å². The maximum atomic E-state index is 13.4. The van der Waals surface area contributed by atoms with Gasteiger partial charge >= 0.3 is 0 Å². The van der Waals surface area contributed by atoms with Crippen LogP contribution in [0, 0.1) is 10.6 Å². The normalized spacial score (nSPS) is 10.4. The first-order valence-corrected chi connectivity index (χ1v) is 4.69. The molecule has 0 aliphatic rings. The average Bonchev–Trinajstić information content (AvgIpc) is 2.52. The molecule has 0 saturated carbocycles. The van der Waals surface area contributed by atoms with Gasteiger partial charge in [-0.2, -0.15) is 0 Å². The van der Waals surface area contributed by atoms with Crippen LogP contribution in [0.25, 0.3) is 5.69 Å². The summed E-state index contributed by atoms with van der Waals surface area (Å²) in [6.07, 6.45) is 3.26. The van der Waals surface area contributed by atoms with Crippen LogP contribution < -0.4 is 0 Å². The molecule has 14 heavy (non-hydrogen) atoms. The van der Waals surface area contributed by atoms with Crippen molar-refractivity contribution in [3.8, 4) is 5.69 Å². The number of nitrogens with one attached hydrogen (secondary N) is 1. The molecule has 0 fully saturated rings. The molecule has 2 aromatic rings. The second-order valence-corrected chi connectivity index (χ2v) is 3.50. The van der Waals surface area contributed by atoms with Crippen LogP contribution in [0.4, 0.5) is 4.39 Å². The van der Waals surface area contributed by atoms with E-state index >= 15 is 0 Å². The van der Waals surface area contributed by atoms with Crippen molar-refractivity contribution in [2.45, 2.75) is 0 Å². The minimum absolute atomic E-state index is 0.278. The summed E-state index contributed by atoms with van der Waals surface area (Å²) in [4.78, 5) is 2.77. The lowest BCUT2D eigenvalue weighted by atomic mass is 10.3. The summed E-state index contributed by atoms with van der Waals surface area (Å²) < 4.78 is 15.3. The van der Waals surface area contributed by atoms with E-state index in [1.54, 1.807) is 24.5 Å². The summed E-state index contributed by atoms with van der Waals surface area (Å²) in [6.45, 7) is 0. The molecular weight excluding hydrogens is 223 g/mol. The van der Waals surface area contributed by atoms with E-state index in [0.29, 0.717) is 9.79 Å². The Labute approximate surface area is 90.0 Å². The van der Waals surface area contributed by atoms with Gasteiger partial charge in [0.05, 0.1) is 5.02 Å². The summed E-state index contributed by atoms with van der Waals surface area (Å²) in [5.74, 6) is -0.395. The Hall–Kier alpha value is -1.13. The van der Waals surface area contributed by atoms with E-state index in [9.17, 15) is 4.39 Å². The van der Waals surface area contributed by atoms with Crippen LogP contribution in [0.15, 0.2) is 30.6 Å². The lowest BCUT2D eigenvalue weighted by Crippen LogP contribution is -1.97. The first-order valence-electron chi connectivity index (χ1n) is 3.90. The standard InChI is InChI=1S/C9H6ClFN2S/c10-6-2-1-3-7(11)8(6)13-5-4-12-9(13)14/h1-5H,(H,12,14). The molecule has 0 bridgehead atoms. The van der Waals surface area contributed by atoms with Gasteiger partial charge in [-0.05, 0) is 24.4 Å². The van der Waals surface area contributed by atoms with E-state index in [4.69, 9.17) is 23.8 Å². The van der Waals surface area contributed by atoms with Crippen molar-refractivity contribution >= 4 is 23.8 Å². The lowest BCUT2D eigenvalue weighted by molar-refractivity contribution is 0.617. The van der Waals surface area contributed by atoms with Crippen molar-refractivity contribution < 1.29 is 4.39 Å². The van der Waals surface area contributed by atoms with Crippen LogP contribution in [0.3, 0.4) is 0 Å². The highest BCUT2D eigenvalue weighted by Crippen LogP contribution is 2.23. The fraction of sp³-hybridized carbons (Fsp3) is 0. The topological polar surface area (TPSA) is 20.7 Å². The van der Waals surface area contributed by atoms with Gasteiger partial charge in [-0.15, -0.1) is 0 Å². The van der Waals surface area contributed by atoms with E-state index in [1.165, 1.54) is 10.6 Å². The lowest BCUT2D eigenvalue weighted by Gasteiger charge is -2.05. The molecule has 0 aliphatic heterocycles. The smallest absolute Gasteiger partial charge is 0.181 e. The molecule has 1 N–H and O–H groups in total. The molecule has 0 saturated heterocycles. The highest BCUT2D eigenvalue weighted by molar-refractivity contribution is 7.71. The maximum Gasteiger partial charge on any atom is 0.181 e. The summed E-state index contributed by atoms with van der Waals surface area (Å²) in [6, 6.07) is 4.52. The number of hydrogen-bond acceptors (Lipinski definition) is 1. The average molecular weight is 229 g/mol. The Morgan fingerprint density at radius 1 is 1.43 bits per heavy atom. The van der Waals surface area contributed by atoms with Crippen molar-refractivity contribution in [3.05, 3.63) is 46.2 Å². The van der Waals surface area contributed by atoms with Gasteiger partial charge in [-0.25, -0.2) is 4.39 Å². The predicted molar refractivity (Wildman–Crippen MR) is 55.9 cm³/mol. The van der Waals surface area contributed by atoms with Crippen LogP contribution in [-0.4, -0.2) is 9.55 Å². The number of imidazole rings is 1. The van der Waals surface area contributed by atoms with Crippen LogP contribution in [0.5, 0.6) is 0 Å². The molecule has 0 radical (unpaired) electrons. The molecule has 1 heterocycles. The Bertz CT molecular complexity index is 497. The minimum atomic E-state index is -0.395. The highest BCUT2D eigenvalue weighted by Gasteiger charge is 2.08. The number of rotatable bonds is 1. The third kappa shape index (κ3) is 1.47. The number of nitrogens with zero attached hydrogens (tertiary/aromatic N) is 1. The molecule has 0 unspecified atom stereocenters. The number of benzene rings is 1. The summed E-state index contributed by atoms with van der Waals surface area (Å²) >= 11 is 10.8. The largest absolute Gasteiger partial charge is 0.337 e. The first-order chi connectivity index (χ1) is 6.70. The van der Waals surface area contributed by atoms with E-state index in [2.05, 4.69) is 4.98 Å². The van der Waals surface area contributed by atoms with Gasteiger partial charge in [0.1, 0.15) is 11.5 Å². The second-order valence-electron chi connectivity index (χ2n) is 2.71. The molecule has 0 spiro atoms. The van der Waals surface area contributed by atoms with Crippen molar-refractivity contribution in [3.63, 3.8) is 0 Å². The van der Waals surface area contributed by atoms with Crippen LogP contribution in [0.1, 0.15) is 0 Å². The fourth-order valence-corrected chi connectivity index (χ4v) is 1.69. The molecule has 5 heteroatoms. The molecular formula is C9H6ClFN2S. The Kier molecular flexibility index (Phi) is 2.39. The number of para-hydroxylation sites is 1. The monoisotopic (exact) mass is 228 g/mol. The van der Waals surface area contributed by atoms with E-state index in [1.807, 2.05) is 0 Å². The van der Waals surface area contributed by atoms with E-state index in [0.717, 1.165) is 0 Å². The van der Waals surface area contributed by atoms with Gasteiger partial charge in [0, 0.05) is 12.4 Å². The van der Waals surface area contributed by atoms with Gasteiger partial charge in [-0.1, -0.05) is 17.7 Å². The highest BCUT2D eigenvalue weighted by atomic mass is 35.5. The summed E-state index contributed by atoms with van der Waals surface area (Å²) in [5, 5.41) is 0.334. The Balaban J connectivity index is 2.74. The van der Waals surface area contributed by atoms with E-state index < -0.39 is 5.82 Å². The fourth-order valence-electron chi connectivity index (χ4n) is 1.22. The molecule has 0 aliphatic carbocycles. The third-order valence-electron chi connectivity index (χ3n) is 1.83. The number of hydrogen-bond donors (Lipinski definition) is 1. The second kappa shape index (κ2) is 3.55. The number of aromatic amines is 1. The number of aromatic nitrogens is 2. The minimum Gasteiger partial charge on any atom is -0.337 e. The zero-order valence-electron chi connectivity index (χ0n) is 7.00. The van der Waals surface area contributed by atoms with Gasteiger partial charge in [-0.3, -0.25) is 4.57 Å². The molecule has 2 rings (SSSR count). The first kappa shape index (κ1) is 9.43. The van der Waals surface area contributed by atoms with Crippen molar-refractivity contribution in [2.24, 2.45) is 0 Å². The molecule has 72 valence electrons. The van der Waals surface area contributed by atoms with Gasteiger partial charge in [0.2, 0.25) is 0 Å². The van der Waals surface area contributed by atoms with Crippen molar-refractivity contribution in [1.29, 1.82) is 0 Å². The molecule has 2 nitrogen and oxygen atoms in total. The Morgan fingerprint density at radius 2 is 2.21 bits per heavy atom.